The quantitative estimate of drug-likeness (QED) is 0.0461. The van der Waals surface area contributed by atoms with E-state index in [4.69, 9.17) is 4.74 Å². The average Bonchev–Trinajstić information content (AvgIpc) is 3.43. The van der Waals surface area contributed by atoms with E-state index in [0.29, 0.717) is 0 Å². The van der Waals surface area contributed by atoms with Crippen LogP contribution in [0.1, 0.15) is 41.2 Å². The highest BCUT2D eigenvalue weighted by Crippen LogP contribution is 2.46. The molecule has 11 aromatic carbocycles. The molecule has 0 radical (unpaired) electrons. The van der Waals surface area contributed by atoms with Crippen LogP contribution in [-0.2, 0) is 12.8 Å². The molecule has 13 rings (SSSR count). The van der Waals surface area contributed by atoms with Gasteiger partial charge in [-0.1, -0.05) is 206 Å². The summed E-state index contributed by atoms with van der Waals surface area (Å²) < 4.78 is 7.06. The summed E-state index contributed by atoms with van der Waals surface area (Å²) in [5, 5.41) is 12.6. The molecule has 0 heterocycles. The molecule has 11 aromatic rings. The maximum atomic E-state index is 7.06. The molecule has 0 N–H and O–H groups in total. The van der Waals surface area contributed by atoms with E-state index < -0.39 is 0 Å². The Labute approximate surface area is 409 Å². The summed E-state index contributed by atoms with van der Waals surface area (Å²) in [6.07, 6.45) is 14.0. The zero-order chi connectivity index (χ0) is 46.5. The van der Waals surface area contributed by atoms with E-state index in [1.54, 1.807) is 0 Å². The van der Waals surface area contributed by atoms with Crippen molar-refractivity contribution in [2.75, 3.05) is 0 Å². The van der Waals surface area contributed by atoms with Gasteiger partial charge in [0.25, 0.3) is 0 Å². The Kier molecular flexibility index (Phi) is 10.3. The lowest BCUT2D eigenvalue weighted by Gasteiger charge is -2.25. The molecule has 0 amide bonds. The molecule has 0 atom stereocenters. The van der Waals surface area contributed by atoms with Crippen molar-refractivity contribution < 1.29 is 4.74 Å². The molecule has 2 aliphatic carbocycles. The van der Waals surface area contributed by atoms with Gasteiger partial charge in [-0.2, -0.15) is 0 Å². The summed E-state index contributed by atoms with van der Waals surface area (Å²) in [6, 6.07) is 75.1. The largest absolute Gasteiger partial charge is 0.457 e. The first-order chi connectivity index (χ1) is 34.7. The Morgan fingerprint density at radius 1 is 0.471 bits per heavy atom. The molecule has 0 unspecified atom stereocenters. The third-order valence-corrected chi connectivity index (χ3v) is 14.6. The summed E-state index contributed by atoms with van der Waals surface area (Å²) in [7, 11) is 0. The Morgan fingerprint density at radius 2 is 1.07 bits per heavy atom. The van der Waals surface area contributed by atoms with Crippen molar-refractivity contribution in [2.24, 2.45) is 0 Å². The molecular formula is C69H48O. The van der Waals surface area contributed by atoms with Gasteiger partial charge in [-0.3, -0.25) is 0 Å². The van der Waals surface area contributed by atoms with Crippen LogP contribution >= 0.6 is 0 Å². The zero-order valence-corrected chi connectivity index (χ0v) is 39.0. The number of benzene rings is 11. The van der Waals surface area contributed by atoms with Crippen LogP contribution in [0.4, 0.5) is 0 Å². The Hall–Kier alpha value is -8.74. The van der Waals surface area contributed by atoms with Crippen molar-refractivity contribution in [3.05, 3.63) is 270 Å². The molecule has 1 heteroatoms. The van der Waals surface area contributed by atoms with Crippen molar-refractivity contribution in [2.45, 2.75) is 26.2 Å². The maximum Gasteiger partial charge on any atom is 0.134 e. The smallest absolute Gasteiger partial charge is 0.134 e. The maximum absolute atomic E-state index is 7.06. The highest BCUT2D eigenvalue weighted by Gasteiger charge is 2.23. The zero-order valence-electron chi connectivity index (χ0n) is 39.0. The molecule has 0 spiro atoms. The van der Waals surface area contributed by atoms with E-state index in [1.165, 1.54) is 110 Å². The van der Waals surface area contributed by atoms with Crippen molar-refractivity contribution in [3.63, 3.8) is 0 Å². The number of hydrogen-bond acceptors (Lipinski definition) is 1. The lowest BCUT2D eigenvalue weighted by Crippen LogP contribution is -2.06. The second-order valence-corrected chi connectivity index (χ2v) is 18.6. The van der Waals surface area contributed by atoms with E-state index in [9.17, 15) is 0 Å². The molecule has 0 saturated carbocycles. The van der Waals surface area contributed by atoms with Gasteiger partial charge in [0.05, 0.1) is 0 Å². The van der Waals surface area contributed by atoms with Gasteiger partial charge in [-0.25, -0.2) is 0 Å². The van der Waals surface area contributed by atoms with Gasteiger partial charge in [0, 0.05) is 11.1 Å². The average molecular weight is 893 g/mol. The van der Waals surface area contributed by atoms with Crippen LogP contribution in [-0.4, -0.2) is 0 Å². The van der Waals surface area contributed by atoms with Crippen LogP contribution < -0.4 is 4.74 Å². The standard InChI is InChI=1S/C69H48O/c1-2-15-45(64-44-53-18-6-7-21-55(53)57-22-8-9-23-58(57)64)38-43-65(47-30-28-46(29-31-47)56-41-36-52-33-32-49-19-14-20-50-37-42-63(56)69(52)66(49)50)70-54-39-34-51(35-40-54)68-61-26-12-10-24-59(61)67(48-16-4-3-5-17-48)60-25-11-13-27-62(60)68/h2-18,21-31,34-44H,20,32-33H2,1H3/b15-2-,45-38+,65-43+. The van der Waals surface area contributed by atoms with Crippen LogP contribution in [0.3, 0.4) is 0 Å². The summed E-state index contributed by atoms with van der Waals surface area (Å²) in [5.41, 5.74) is 19.8. The third kappa shape index (κ3) is 7.10. The van der Waals surface area contributed by atoms with Crippen LogP contribution in [0, 0.1) is 0 Å². The van der Waals surface area contributed by atoms with Gasteiger partial charge in [0.2, 0.25) is 0 Å². The SMILES string of the molecule is C\C=C/C(=C\C=C(\Oc1ccc(-c2c3ccccc3c(-c3ccccc3)c3ccccc23)cc1)c1ccc(-c2ccc3c4c5c(ccc24)CC=C=C5CC3)cc1)c1cc2ccccc2c2ccccc12. The van der Waals surface area contributed by atoms with Crippen molar-refractivity contribution in [1.82, 2.24) is 0 Å². The van der Waals surface area contributed by atoms with Crippen LogP contribution in [0.15, 0.2) is 242 Å². The van der Waals surface area contributed by atoms with Crippen molar-refractivity contribution in [1.29, 1.82) is 0 Å². The minimum absolute atomic E-state index is 0.764. The highest BCUT2D eigenvalue weighted by atomic mass is 16.5. The predicted octanol–water partition coefficient (Wildman–Crippen LogP) is 18.6. The molecule has 2 aliphatic rings. The fraction of sp³-hybridized carbons (Fsp3) is 0.0580. The molecule has 0 aromatic heterocycles. The fourth-order valence-electron chi connectivity index (χ4n) is 11.4. The topological polar surface area (TPSA) is 9.23 Å². The van der Waals surface area contributed by atoms with Gasteiger partial charge >= 0.3 is 0 Å². The first-order valence-corrected chi connectivity index (χ1v) is 24.5. The monoisotopic (exact) mass is 892 g/mol. The van der Waals surface area contributed by atoms with Crippen LogP contribution in [0.25, 0.3) is 104 Å². The van der Waals surface area contributed by atoms with E-state index in [2.05, 4.69) is 249 Å². The summed E-state index contributed by atoms with van der Waals surface area (Å²) in [6.45, 7) is 2.09. The Bertz CT molecular complexity index is 4000. The number of hydrogen-bond donors (Lipinski definition) is 0. The lowest BCUT2D eigenvalue weighted by molar-refractivity contribution is 0.515. The summed E-state index contributed by atoms with van der Waals surface area (Å²) >= 11 is 0. The minimum Gasteiger partial charge on any atom is -0.457 e. The number of ether oxygens (including phenoxy) is 1. The second-order valence-electron chi connectivity index (χ2n) is 18.6. The van der Waals surface area contributed by atoms with Crippen molar-refractivity contribution >= 4 is 70.8 Å². The van der Waals surface area contributed by atoms with Gasteiger partial charge in [-0.15, -0.1) is 5.73 Å². The normalized spacial score (nSPS) is 13.5. The number of aryl methyl sites for hydroxylation is 1. The summed E-state index contributed by atoms with van der Waals surface area (Å²) in [5.74, 6) is 1.53. The highest BCUT2D eigenvalue weighted by molar-refractivity contribution is 6.21. The minimum atomic E-state index is 0.764. The fourth-order valence-corrected chi connectivity index (χ4v) is 11.4. The molecule has 0 saturated heterocycles. The lowest BCUT2D eigenvalue weighted by atomic mass is 9.79. The molecule has 0 fully saturated rings. The molecule has 330 valence electrons. The number of rotatable bonds is 9. The van der Waals surface area contributed by atoms with Gasteiger partial charge in [-0.05, 0) is 172 Å². The Morgan fingerprint density at radius 3 is 1.77 bits per heavy atom. The van der Waals surface area contributed by atoms with E-state index in [1.807, 2.05) is 0 Å². The first kappa shape index (κ1) is 41.4. The number of fused-ring (bicyclic) bond motifs is 5. The molecule has 0 aliphatic heterocycles. The van der Waals surface area contributed by atoms with Crippen molar-refractivity contribution in [3.8, 4) is 39.1 Å². The summed E-state index contributed by atoms with van der Waals surface area (Å²) in [4.78, 5) is 0. The molecule has 1 nitrogen and oxygen atoms in total. The molecule has 0 bridgehead atoms. The van der Waals surface area contributed by atoms with Crippen LogP contribution in [0.2, 0.25) is 0 Å². The van der Waals surface area contributed by atoms with E-state index >= 15 is 0 Å². The predicted molar refractivity (Wildman–Crippen MR) is 298 cm³/mol. The third-order valence-electron chi connectivity index (χ3n) is 14.6. The van der Waals surface area contributed by atoms with E-state index in [-0.39, 0.29) is 0 Å². The molecule has 70 heavy (non-hydrogen) atoms. The number of allylic oxidation sites excluding steroid dienone is 6. The molecular weight excluding hydrogens is 845 g/mol. The van der Waals surface area contributed by atoms with Gasteiger partial charge in [0.1, 0.15) is 11.5 Å². The van der Waals surface area contributed by atoms with Gasteiger partial charge < -0.3 is 4.74 Å². The van der Waals surface area contributed by atoms with E-state index in [0.717, 1.165) is 47.5 Å². The first-order valence-electron chi connectivity index (χ1n) is 24.5. The van der Waals surface area contributed by atoms with Gasteiger partial charge in [0.15, 0.2) is 0 Å². The second kappa shape index (κ2) is 17.4. The van der Waals surface area contributed by atoms with Crippen LogP contribution in [0.5, 0.6) is 5.75 Å². The Balaban J connectivity index is 0.926.